The first kappa shape index (κ1) is 15.3. The van der Waals surface area contributed by atoms with Crippen molar-refractivity contribution in [1.29, 1.82) is 0 Å². The Morgan fingerprint density at radius 2 is 2.00 bits per heavy atom. The van der Waals surface area contributed by atoms with Gasteiger partial charge in [0.25, 0.3) is 0 Å². The van der Waals surface area contributed by atoms with Crippen molar-refractivity contribution < 1.29 is 0 Å². The summed E-state index contributed by atoms with van der Waals surface area (Å²) in [6.07, 6.45) is 1.96. The van der Waals surface area contributed by atoms with Crippen LogP contribution in [0.25, 0.3) is 11.4 Å². The fourth-order valence-electron chi connectivity index (χ4n) is 2.73. The number of nitrogens with zero attached hydrogens (tertiary/aromatic N) is 3. The number of anilines is 1. The lowest BCUT2D eigenvalue weighted by Crippen LogP contribution is -2.44. The SMILES string of the molecule is CC(C)c1nc(-c2cccc(Cl)c2)ncc1N1CCNCC1. The van der Waals surface area contributed by atoms with Crippen molar-refractivity contribution in [2.75, 3.05) is 31.1 Å². The largest absolute Gasteiger partial charge is 0.366 e. The fourth-order valence-corrected chi connectivity index (χ4v) is 2.92. The van der Waals surface area contributed by atoms with Crippen LogP contribution in [0.2, 0.25) is 5.02 Å². The molecule has 1 aliphatic rings. The Hall–Kier alpha value is -1.65. The van der Waals surface area contributed by atoms with E-state index in [0.717, 1.165) is 48.9 Å². The van der Waals surface area contributed by atoms with Gasteiger partial charge in [0.15, 0.2) is 5.82 Å². The van der Waals surface area contributed by atoms with Crippen LogP contribution in [0.5, 0.6) is 0 Å². The van der Waals surface area contributed by atoms with Gasteiger partial charge in [0.2, 0.25) is 0 Å². The molecule has 22 heavy (non-hydrogen) atoms. The number of nitrogens with one attached hydrogen (secondary N) is 1. The maximum Gasteiger partial charge on any atom is 0.159 e. The first-order valence-electron chi connectivity index (χ1n) is 7.73. The van der Waals surface area contributed by atoms with Crippen molar-refractivity contribution in [1.82, 2.24) is 15.3 Å². The van der Waals surface area contributed by atoms with Gasteiger partial charge in [0.05, 0.1) is 17.6 Å². The monoisotopic (exact) mass is 316 g/mol. The number of hydrogen-bond acceptors (Lipinski definition) is 4. The molecular weight excluding hydrogens is 296 g/mol. The number of benzene rings is 1. The molecule has 1 aliphatic heterocycles. The molecule has 1 fully saturated rings. The van der Waals surface area contributed by atoms with Gasteiger partial charge in [0, 0.05) is 36.8 Å². The Morgan fingerprint density at radius 3 is 2.68 bits per heavy atom. The van der Waals surface area contributed by atoms with E-state index in [2.05, 4.69) is 29.0 Å². The molecule has 0 atom stereocenters. The predicted molar refractivity (Wildman–Crippen MR) is 91.6 cm³/mol. The molecule has 0 spiro atoms. The molecule has 2 aromatic rings. The summed E-state index contributed by atoms with van der Waals surface area (Å²) in [7, 11) is 0. The molecule has 1 N–H and O–H groups in total. The zero-order valence-corrected chi connectivity index (χ0v) is 13.8. The Kier molecular flexibility index (Phi) is 4.60. The lowest BCUT2D eigenvalue weighted by Gasteiger charge is -2.31. The molecule has 1 saturated heterocycles. The number of aromatic nitrogens is 2. The van der Waals surface area contributed by atoms with E-state index >= 15 is 0 Å². The molecule has 3 rings (SSSR count). The molecule has 0 unspecified atom stereocenters. The normalized spacial score (nSPS) is 15.4. The van der Waals surface area contributed by atoms with Crippen LogP contribution < -0.4 is 10.2 Å². The van der Waals surface area contributed by atoms with Crippen molar-refractivity contribution in [3.05, 3.63) is 41.2 Å². The second-order valence-corrected chi connectivity index (χ2v) is 6.30. The highest BCUT2D eigenvalue weighted by Gasteiger charge is 2.18. The van der Waals surface area contributed by atoms with Crippen LogP contribution in [-0.2, 0) is 0 Å². The summed E-state index contributed by atoms with van der Waals surface area (Å²) in [5.41, 5.74) is 3.22. The lowest BCUT2D eigenvalue weighted by atomic mass is 10.1. The van der Waals surface area contributed by atoms with Crippen LogP contribution in [0.3, 0.4) is 0 Å². The summed E-state index contributed by atoms with van der Waals surface area (Å²) in [5, 5.41) is 4.09. The highest BCUT2D eigenvalue weighted by Crippen LogP contribution is 2.28. The summed E-state index contributed by atoms with van der Waals surface area (Å²) in [6, 6.07) is 7.70. The number of hydrogen-bond donors (Lipinski definition) is 1. The summed E-state index contributed by atoms with van der Waals surface area (Å²) >= 11 is 6.08. The Labute approximate surface area is 136 Å². The van der Waals surface area contributed by atoms with E-state index in [1.165, 1.54) is 0 Å². The van der Waals surface area contributed by atoms with Crippen molar-refractivity contribution in [3.8, 4) is 11.4 Å². The van der Waals surface area contributed by atoms with Gasteiger partial charge in [-0.25, -0.2) is 9.97 Å². The van der Waals surface area contributed by atoms with Crippen LogP contribution in [0.1, 0.15) is 25.5 Å². The van der Waals surface area contributed by atoms with Crippen molar-refractivity contribution in [3.63, 3.8) is 0 Å². The summed E-state index contributed by atoms with van der Waals surface area (Å²) in [6.45, 7) is 8.37. The van der Waals surface area contributed by atoms with E-state index < -0.39 is 0 Å². The Bertz CT molecular complexity index is 651. The second kappa shape index (κ2) is 6.63. The third kappa shape index (κ3) is 3.23. The maximum absolute atomic E-state index is 6.08. The third-order valence-electron chi connectivity index (χ3n) is 3.89. The molecule has 4 nitrogen and oxygen atoms in total. The lowest BCUT2D eigenvalue weighted by molar-refractivity contribution is 0.584. The average molecular weight is 317 g/mol. The van der Waals surface area contributed by atoms with E-state index in [-0.39, 0.29) is 0 Å². The van der Waals surface area contributed by atoms with E-state index in [1.807, 2.05) is 30.5 Å². The maximum atomic E-state index is 6.08. The molecule has 0 bridgehead atoms. The Balaban J connectivity index is 1.99. The number of piperazine rings is 1. The minimum Gasteiger partial charge on any atom is -0.366 e. The Morgan fingerprint density at radius 1 is 1.23 bits per heavy atom. The van der Waals surface area contributed by atoms with Gasteiger partial charge in [-0.15, -0.1) is 0 Å². The minimum absolute atomic E-state index is 0.353. The topological polar surface area (TPSA) is 41.1 Å². The first-order chi connectivity index (χ1) is 10.6. The minimum atomic E-state index is 0.353. The molecule has 5 heteroatoms. The van der Waals surface area contributed by atoms with Crippen LogP contribution in [0, 0.1) is 0 Å². The molecule has 116 valence electrons. The third-order valence-corrected chi connectivity index (χ3v) is 4.12. The summed E-state index contributed by atoms with van der Waals surface area (Å²) in [5.74, 6) is 1.09. The molecule has 1 aromatic heterocycles. The van der Waals surface area contributed by atoms with E-state index in [4.69, 9.17) is 16.6 Å². The number of halogens is 1. The molecule has 0 radical (unpaired) electrons. The molecule has 1 aromatic carbocycles. The van der Waals surface area contributed by atoms with Gasteiger partial charge in [-0.05, 0) is 18.1 Å². The average Bonchev–Trinajstić information content (AvgIpc) is 2.55. The standard InChI is InChI=1S/C17H21ClN4/c1-12(2)16-15(22-8-6-19-7-9-22)11-20-17(21-16)13-4-3-5-14(18)10-13/h3-5,10-12,19H,6-9H2,1-2H3. The molecule has 0 aliphatic carbocycles. The van der Waals surface area contributed by atoms with Gasteiger partial charge in [-0.3, -0.25) is 0 Å². The number of rotatable bonds is 3. The first-order valence-corrected chi connectivity index (χ1v) is 8.11. The van der Waals surface area contributed by atoms with Crippen LogP contribution in [0.15, 0.2) is 30.5 Å². The van der Waals surface area contributed by atoms with Gasteiger partial charge < -0.3 is 10.2 Å². The zero-order chi connectivity index (χ0) is 15.5. The van der Waals surface area contributed by atoms with E-state index in [9.17, 15) is 0 Å². The summed E-state index contributed by atoms with van der Waals surface area (Å²) in [4.78, 5) is 11.8. The van der Waals surface area contributed by atoms with Crippen molar-refractivity contribution >= 4 is 17.3 Å². The van der Waals surface area contributed by atoms with E-state index in [0.29, 0.717) is 10.9 Å². The molecule has 0 amide bonds. The molecular formula is C17H21ClN4. The molecule has 0 saturated carbocycles. The molecule has 2 heterocycles. The smallest absolute Gasteiger partial charge is 0.159 e. The highest BCUT2D eigenvalue weighted by molar-refractivity contribution is 6.30. The van der Waals surface area contributed by atoms with Gasteiger partial charge in [-0.1, -0.05) is 37.6 Å². The van der Waals surface area contributed by atoms with Crippen LogP contribution >= 0.6 is 11.6 Å². The van der Waals surface area contributed by atoms with Gasteiger partial charge in [0.1, 0.15) is 0 Å². The quantitative estimate of drug-likeness (QED) is 0.943. The van der Waals surface area contributed by atoms with Crippen molar-refractivity contribution in [2.24, 2.45) is 0 Å². The van der Waals surface area contributed by atoms with Crippen LogP contribution in [-0.4, -0.2) is 36.1 Å². The summed E-state index contributed by atoms with van der Waals surface area (Å²) < 4.78 is 0. The fraction of sp³-hybridized carbons (Fsp3) is 0.412. The van der Waals surface area contributed by atoms with Gasteiger partial charge in [-0.2, -0.15) is 0 Å². The predicted octanol–water partition coefficient (Wildman–Crippen LogP) is 3.33. The van der Waals surface area contributed by atoms with E-state index in [1.54, 1.807) is 0 Å². The van der Waals surface area contributed by atoms with Crippen LogP contribution in [0.4, 0.5) is 5.69 Å². The van der Waals surface area contributed by atoms with Gasteiger partial charge >= 0.3 is 0 Å². The zero-order valence-electron chi connectivity index (χ0n) is 13.0. The second-order valence-electron chi connectivity index (χ2n) is 5.87. The van der Waals surface area contributed by atoms with Crippen molar-refractivity contribution in [2.45, 2.75) is 19.8 Å². The highest BCUT2D eigenvalue weighted by atomic mass is 35.5.